The summed E-state index contributed by atoms with van der Waals surface area (Å²) in [6, 6.07) is 7.69. The van der Waals surface area contributed by atoms with Crippen LogP contribution in [-0.4, -0.2) is 44.1 Å². The molecule has 10 heteroatoms. The minimum absolute atomic E-state index is 0.0382. The lowest BCUT2D eigenvalue weighted by Crippen LogP contribution is -2.26. The Hall–Kier alpha value is -3.14. The van der Waals surface area contributed by atoms with Crippen LogP contribution in [0.5, 0.6) is 0 Å². The monoisotopic (exact) mass is 400 g/mol. The molecule has 1 aliphatic heterocycles. The van der Waals surface area contributed by atoms with Crippen LogP contribution in [0.25, 0.3) is 0 Å². The van der Waals surface area contributed by atoms with Gasteiger partial charge >= 0.3 is 5.97 Å². The van der Waals surface area contributed by atoms with Gasteiger partial charge in [-0.05, 0) is 25.5 Å². The van der Waals surface area contributed by atoms with Crippen molar-refractivity contribution in [3.63, 3.8) is 0 Å². The number of para-hydroxylation sites is 1. The Morgan fingerprint density at radius 3 is 2.89 bits per heavy atom. The minimum atomic E-state index is -0.498. The van der Waals surface area contributed by atoms with Crippen LogP contribution in [-0.2, 0) is 20.9 Å². The van der Waals surface area contributed by atoms with E-state index in [1.165, 1.54) is 22.7 Å². The second-order valence-electron chi connectivity index (χ2n) is 5.88. The van der Waals surface area contributed by atoms with Crippen LogP contribution in [0.15, 0.2) is 35.4 Å². The molecule has 0 aliphatic carbocycles. The fraction of sp³-hybridized carbons (Fsp3) is 0.278. The Kier molecular flexibility index (Phi) is 6.09. The second kappa shape index (κ2) is 8.70. The Labute approximate surface area is 166 Å². The number of anilines is 3. The Morgan fingerprint density at radius 2 is 2.14 bits per heavy atom. The first kappa shape index (κ1) is 19.6. The number of rotatable bonds is 6. The molecular weight excluding hydrogens is 380 g/mol. The van der Waals surface area contributed by atoms with Gasteiger partial charge in [0.05, 0.1) is 30.0 Å². The lowest BCUT2D eigenvalue weighted by molar-refractivity contribution is -0.137. The van der Waals surface area contributed by atoms with E-state index in [1.54, 1.807) is 6.92 Å². The van der Waals surface area contributed by atoms with Crippen LogP contribution >= 0.6 is 11.8 Å². The van der Waals surface area contributed by atoms with Crippen LogP contribution in [0.3, 0.4) is 0 Å². The molecule has 1 aliphatic rings. The van der Waals surface area contributed by atoms with Gasteiger partial charge in [0, 0.05) is 5.69 Å². The first-order valence-corrected chi connectivity index (χ1v) is 9.59. The lowest BCUT2D eigenvalue weighted by atomic mass is 10.2. The number of hydrogen-bond donors (Lipinski definition) is 2. The Bertz CT molecular complexity index is 933. The number of esters is 1. The zero-order chi connectivity index (χ0) is 20.1. The normalized spacial score (nSPS) is 15.1. The maximum absolute atomic E-state index is 12.2. The van der Waals surface area contributed by atoms with E-state index in [0.29, 0.717) is 10.9 Å². The van der Waals surface area contributed by atoms with Crippen molar-refractivity contribution in [2.24, 2.45) is 0 Å². The molecule has 1 amide bonds. The van der Waals surface area contributed by atoms with Crippen LogP contribution in [0.1, 0.15) is 18.3 Å². The van der Waals surface area contributed by atoms with Crippen molar-refractivity contribution in [1.82, 2.24) is 19.9 Å². The third-order valence-corrected chi connectivity index (χ3v) is 4.85. The summed E-state index contributed by atoms with van der Waals surface area (Å²) >= 11 is 1.26. The van der Waals surface area contributed by atoms with Gasteiger partial charge < -0.3 is 15.8 Å². The van der Waals surface area contributed by atoms with Crippen molar-refractivity contribution < 1.29 is 14.3 Å². The van der Waals surface area contributed by atoms with E-state index in [9.17, 15) is 9.59 Å². The van der Waals surface area contributed by atoms with E-state index >= 15 is 0 Å². The molecule has 1 aromatic heterocycles. The number of aromatic nitrogens is 3. The molecule has 0 spiro atoms. The number of benzene rings is 1. The summed E-state index contributed by atoms with van der Waals surface area (Å²) in [6.07, 6.45) is 1.30. The number of nitrogens with one attached hydrogen (secondary N) is 1. The van der Waals surface area contributed by atoms with E-state index in [2.05, 4.69) is 20.3 Å². The number of ether oxygens (including phenoxy) is 1. The maximum atomic E-state index is 12.2. The topological polar surface area (TPSA) is 123 Å². The van der Waals surface area contributed by atoms with Crippen LogP contribution in [0.2, 0.25) is 0 Å². The predicted octanol–water partition coefficient (Wildman–Crippen LogP) is 1.99. The second-order valence-corrected chi connectivity index (χ2v) is 6.87. The molecular formula is C18H20N6O3S. The van der Waals surface area contributed by atoms with Gasteiger partial charge in [-0.1, -0.05) is 30.0 Å². The van der Waals surface area contributed by atoms with Crippen LogP contribution in [0.4, 0.5) is 17.6 Å². The molecule has 0 saturated carbocycles. The first-order chi connectivity index (χ1) is 13.5. The Balaban J connectivity index is 1.81. The smallest absolute Gasteiger partial charge is 0.333 e. The third kappa shape index (κ3) is 4.77. The average molecular weight is 400 g/mol. The largest absolute Gasteiger partial charge is 0.463 e. The molecule has 3 rings (SSSR count). The molecule has 3 N–H and O–H groups in total. The number of carbonyl (C=O) groups is 2. The molecule has 0 unspecified atom stereocenters. The summed E-state index contributed by atoms with van der Waals surface area (Å²) in [4.78, 5) is 38.0. The predicted molar refractivity (Wildman–Crippen MR) is 106 cm³/mol. The highest BCUT2D eigenvalue weighted by atomic mass is 32.2. The highest BCUT2D eigenvalue weighted by Crippen LogP contribution is 2.30. The van der Waals surface area contributed by atoms with Gasteiger partial charge in [0.15, 0.2) is 5.82 Å². The third-order valence-electron chi connectivity index (χ3n) is 3.83. The number of thioether (sulfide) groups is 1. The number of nitrogen functional groups attached to an aromatic ring is 1. The molecule has 2 aromatic rings. The first-order valence-electron chi connectivity index (χ1n) is 8.61. The quantitative estimate of drug-likeness (QED) is 0.553. The van der Waals surface area contributed by atoms with Crippen molar-refractivity contribution in [3.8, 4) is 0 Å². The lowest BCUT2D eigenvalue weighted by Gasteiger charge is -2.16. The van der Waals surface area contributed by atoms with Gasteiger partial charge in [-0.25, -0.2) is 4.79 Å². The van der Waals surface area contributed by atoms with Gasteiger partial charge in [0.1, 0.15) is 0 Å². The number of carbonyl (C=O) groups excluding carboxylic acids is 2. The van der Waals surface area contributed by atoms with E-state index in [4.69, 9.17) is 10.5 Å². The molecule has 0 radical (unpaired) electrons. The van der Waals surface area contributed by atoms with Crippen LogP contribution < -0.4 is 11.1 Å². The van der Waals surface area contributed by atoms with E-state index in [0.717, 1.165) is 11.3 Å². The van der Waals surface area contributed by atoms with Crippen molar-refractivity contribution >= 4 is 41.2 Å². The summed E-state index contributed by atoms with van der Waals surface area (Å²) in [5.41, 5.74) is 7.68. The number of nitrogens with zero attached hydrogens (tertiary/aromatic N) is 4. The molecule has 9 nitrogen and oxygen atoms in total. The molecule has 0 bridgehead atoms. The molecule has 2 heterocycles. The minimum Gasteiger partial charge on any atom is -0.463 e. The van der Waals surface area contributed by atoms with Crippen LogP contribution in [0, 0.1) is 6.92 Å². The molecule has 28 heavy (non-hydrogen) atoms. The van der Waals surface area contributed by atoms with Gasteiger partial charge in [-0.15, -0.1) is 0 Å². The standard InChI is InChI=1S/C18H20N6O3S/c1-3-27-16(26)8-15-24(14(25)10-28-15)9-13-21-17(19)23-18(22-13)20-12-7-5-4-6-11(12)2/h4-8H,3,9-10H2,1-2H3,(H3,19,20,21,22,23)/b15-8+. The Morgan fingerprint density at radius 1 is 1.36 bits per heavy atom. The van der Waals surface area contributed by atoms with E-state index in [1.807, 2.05) is 31.2 Å². The fourth-order valence-corrected chi connectivity index (χ4v) is 3.45. The highest BCUT2D eigenvalue weighted by molar-refractivity contribution is 8.04. The summed E-state index contributed by atoms with van der Waals surface area (Å²) in [5.74, 6) is 0.229. The van der Waals surface area contributed by atoms with E-state index < -0.39 is 5.97 Å². The zero-order valence-corrected chi connectivity index (χ0v) is 16.3. The van der Waals surface area contributed by atoms with Gasteiger partial charge in [-0.2, -0.15) is 15.0 Å². The zero-order valence-electron chi connectivity index (χ0n) is 15.5. The van der Waals surface area contributed by atoms with Gasteiger partial charge in [-0.3, -0.25) is 9.69 Å². The van der Waals surface area contributed by atoms with Gasteiger partial charge in [0.25, 0.3) is 0 Å². The summed E-state index contributed by atoms with van der Waals surface area (Å²) in [6.45, 7) is 4.02. The number of amides is 1. The summed E-state index contributed by atoms with van der Waals surface area (Å²) < 4.78 is 4.92. The summed E-state index contributed by atoms with van der Waals surface area (Å²) in [5, 5.41) is 3.61. The number of aryl methyl sites for hydroxylation is 1. The molecule has 1 aromatic carbocycles. The molecule has 146 valence electrons. The highest BCUT2D eigenvalue weighted by Gasteiger charge is 2.28. The van der Waals surface area contributed by atoms with Crippen molar-refractivity contribution in [1.29, 1.82) is 0 Å². The average Bonchev–Trinajstić information content (AvgIpc) is 2.97. The fourth-order valence-electron chi connectivity index (χ4n) is 2.52. The maximum Gasteiger partial charge on any atom is 0.333 e. The number of hydrogen-bond acceptors (Lipinski definition) is 9. The van der Waals surface area contributed by atoms with Gasteiger partial charge in [0.2, 0.25) is 17.8 Å². The summed E-state index contributed by atoms with van der Waals surface area (Å²) in [7, 11) is 0. The molecule has 0 atom stereocenters. The molecule has 1 saturated heterocycles. The van der Waals surface area contributed by atoms with E-state index in [-0.39, 0.29) is 36.7 Å². The molecule has 1 fully saturated rings. The van der Waals surface area contributed by atoms with Crippen molar-refractivity contribution in [2.75, 3.05) is 23.4 Å². The number of nitrogens with two attached hydrogens (primary N) is 1. The van der Waals surface area contributed by atoms with Crippen molar-refractivity contribution in [3.05, 3.63) is 46.8 Å². The SMILES string of the molecule is CCOC(=O)/C=C1/SCC(=O)N1Cc1nc(N)nc(Nc2ccccc2C)n1. The van der Waals surface area contributed by atoms with Crippen molar-refractivity contribution in [2.45, 2.75) is 20.4 Å².